The Bertz CT molecular complexity index is 4850. The molecular formula is C74H52N4. The van der Waals surface area contributed by atoms with Crippen LogP contribution in [0, 0.1) is 0 Å². The first-order valence-electron chi connectivity index (χ1n) is 27.2. The predicted octanol–water partition coefficient (Wildman–Crippen LogP) is 19.1. The number of rotatable bonds is 6. The highest BCUT2D eigenvalue weighted by Gasteiger charge is 2.37. The number of para-hydroxylation sites is 2. The van der Waals surface area contributed by atoms with Gasteiger partial charge in [0.2, 0.25) is 0 Å². The van der Waals surface area contributed by atoms with Gasteiger partial charge in [-0.3, -0.25) is 0 Å². The molecule has 2 aliphatic rings. The number of fused-ring (bicyclic) bond motifs is 13. The minimum absolute atomic E-state index is 0.0938. The number of nitrogens with zero attached hydrogens (tertiary/aromatic N) is 4. The van der Waals surface area contributed by atoms with Crippen LogP contribution in [0.4, 0.5) is 0 Å². The summed E-state index contributed by atoms with van der Waals surface area (Å²) in [5, 5.41) is 5.93. The van der Waals surface area contributed by atoms with Crippen molar-refractivity contribution in [1.82, 2.24) is 19.1 Å². The van der Waals surface area contributed by atoms with Gasteiger partial charge < -0.3 is 9.13 Å². The van der Waals surface area contributed by atoms with Gasteiger partial charge in [-0.25, -0.2) is 9.97 Å². The molecule has 3 heterocycles. The van der Waals surface area contributed by atoms with Crippen molar-refractivity contribution in [3.8, 4) is 78.5 Å². The summed E-state index contributed by atoms with van der Waals surface area (Å²) in [6.07, 6.45) is 0. The van der Waals surface area contributed by atoms with Crippen LogP contribution in [0.1, 0.15) is 49.9 Å². The maximum absolute atomic E-state index is 5.25. The Hall–Kier alpha value is -9.64. The average molecular weight is 997 g/mol. The van der Waals surface area contributed by atoms with E-state index in [-0.39, 0.29) is 10.8 Å². The van der Waals surface area contributed by atoms with Gasteiger partial charge in [-0.15, -0.1) is 0 Å². The summed E-state index contributed by atoms with van der Waals surface area (Å²) in [4.78, 5) is 10.4. The van der Waals surface area contributed by atoms with Gasteiger partial charge in [-0.05, 0) is 146 Å². The molecule has 4 nitrogen and oxygen atoms in total. The Morgan fingerprint density at radius 2 is 0.718 bits per heavy atom. The van der Waals surface area contributed by atoms with Gasteiger partial charge in [-0.1, -0.05) is 191 Å². The topological polar surface area (TPSA) is 35.6 Å². The van der Waals surface area contributed by atoms with E-state index < -0.39 is 0 Å². The molecule has 0 fully saturated rings. The molecular weight excluding hydrogens is 945 g/mol. The average Bonchev–Trinajstić information content (AvgIpc) is 4.36. The van der Waals surface area contributed by atoms with Gasteiger partial charge in [0.15, 0.2) is 5.82 Å². The fourth-order valence-corrected chi connectivity index (χ4v) is 13.6. The third-order valence-corrected chi connectivity index (χ3v) is 17.5. The minimum atomic E-state index is -0.132. The highest BCUT2D eigenvalue weighted by atomic mass is 15.0. The third-order valence-electron chi connectivity index (χ3n) is 17.5. The van der Waals surface area contributed by atoms with Crippen LogP contribution in [0.25, 0.3) is 133 Å². The molecule has 4 heteroatoms. The Morgan fingerprint density at radius 3 is 1.31 bits per heavy atom. The molecule has 0 atom stereocenters. The zero-order chi connectivity index (χ0) is 52.0. The summed E-state index contributed by atoms with van der Waals surface area (Å²) in [6.45, 7) is 9.46. The van der Waals surface area contributed by atoms with Crippen LogP contribution < -0.4 is 0 Å². The summed E-state index contributed by atoms with van der Waals surface area (Å²) in [7, 11) is 0. The molecule has 0 bridgehead atoms. The van der Waals surface area contributed by atoms with E-state index in [4.69, 9.17) is 9.97 Å². The van der Waals surface area contributed by atoms with Crippen molar-refractivity contribution < 1.29 is 0 Å². The molecule has 11 aromatic carbocycles. The molecule has 2 aliphatic carbocycles. The lowest BCUT2D eigenvalue weighted by Crippen LogP contribution is -2.15. The highest BCUT2D eigenvalue weighted by molar-refractivity contribution is 6.13. The van der Waals surface area contributed by atoms with Crippen molar-refractivity contribution in [2.24, 2.45) is 0 Å². The summed E-state index contributed by atoms with van der Waals surface area (Å²) in [6, 6.07) is 89.5. The Kier molecular flexibility index (Phi) is 9.40. The molecule has 0 amide bonds. The summed E-state index contributed by atoms with van der Waals surface area (Å²) < 4.78 is 4.95. The van der Waals surface area contributed by atoms with Crippen molar-refractivity contribution in [3.05, 3.63) is 265 Å². The van der Waals surface area contributed by atoms with Crippen LogP contribution in [-0.4, -0.2) is 19.1 Å². The van der Waals surface area contributed by atoms with Gasteiger partial charge in [0.1, 0.15) is 0 Å². The van der Waals surface area contributed by atoms with Crippen LogP contribution >= 0.6 is 0 Å². The summed E-state index contributed by atoms with van der Waals surface area (Å²) >= 11 is 0. The molecule has 368 valence electrons. The van der Waals surface area contributed by atoms with Crippen molar-refractivity contribution in [2.75, 3.05) is 0 Å². The van der Waals surface area contributed by atoms with E-state index in [1.807, 2.05) is 6.07 Å². The molecule has 0 saturated carbocycles. The predicted molar refractivity (Wildman–Crippen MR) is 325 cm³/mol. The molecule has 78 heavy (non-hydrogen) atoms. The monoisotopic (exact) mass is 996 g/mol. The lowest BCUT2D eigenvalue weighted by molar-refractivity contribution is 0.660. The number of hydrogen-bond acceptors (Lipinski definition) is 2. The summed E-state index contributed by atoms with van der Waals surface area (Å²) in [5.41, 5.74) is 26.2. The molecule has 0 radical (unpaired) electrons. The maximum Gasteiger partial charge on any atom is 0.160 e. The Morgan fingerprint density at radius 1 is 0.282 bits per heavy atom. The van der Waals surface area contributed by atoms with Gasteiger partial charge in [0.05, 0.1) is 33.3 Å². The fraction of sp³-hybridized carbons (Fsp3) is 0.0811. The van der Waals surface area contributed by atoms with Gasteiger partial charge in [-0.2, -0.15) is 0 Å². The second-order valence-corrected chi connectivity index (χ2v) is 22.5. The van der Waals surface area contributed by atoms with E-state index >= 15 is 0 Å². The standard InChI is InChI=1S/C74H52N4/c1-73(2)62-25-12-8-21-53(62)55-34-32-51(43-64(55)73)77-67-28-15-11-23-57(67)59-40-48(30-36-68(59)77)49-31-38-70-61(42-49)60-41-47(29-37-69(60)78(70)52-33-35-56-54-22-9-13-26-63(54)74(3,4)65(56)44-52)46-19-16-20-50(39-46)72-75-66-27-14-10-24-58(66)71(76-72)45-17-6-5-7-18-45/h5-44H,1-4H3. The Balaban J connectivity index is 0.856. The molecule has 0 N–H and O–H groups in total. The smallest absolute Gasteiger partial charge is 0.160 e. The van der Waals surface area contributed by atoms with Crippen LogP contribution in [0.2, 0.25) is 0 Å². The first-order valence-corrected chi connectivity index (χ1v) is 27.2. The SMILES string of the molecule is CC1(C)c2ccccc2-c2ccc(-n3c4ccccc4c4cc(-c5ccc6c(c5)c5cc(-c7cccc(-c8nc(-c9ccccc9)c9ccccc9n8)c7)ccc5n6-c5ccc6c(c5)C(C)(C)c5ccccc5-6)ccc43)cc21. The van der Waals surface area contributed by atoms with Gasteiger partial charge in [0.25, 0.3) is 0 Å². The third kappa shape index (κ3) is 6.47. The normalized spacial score (nSPS) is 13.8. The largest absolute Gasteiger partial charge is 0.309 e. The van der Waals surface area contributed by atoms with Crippen LogP contribution in [0.15, 0.2) is 243 Å². The van der Waals surface area contributed by atoms with Crippen molar-refractivity contribution in [2.45, 2.75) is 38.5 Å². The fourth-order valence-electron chi connectivity index (χ4n) is 13.6. The molecule has 0 saturated heterocycles. The zero-order valence-electron chi connectivity index (χ0n) is 43.9. The van der Waals surface area contributed by atoms with Gasteiger partial charge >= 0.3 is 0 Å². The molecule has 0 aliphatic heterocycles. The van der Waals surface area contributed by atoms with Crippen LogP contribution in [0.3, 0.4) is 0 Å². The second-order valence-electron chi connectivity index (χ2n) is 22.5. The molecule has 3 aromatic heterocycles. The van der Waals surface area contributed by atoms with Crippen LogP contribution in [-0.2, 0) is 10.8 Å². The maximum atomic E-state index is 5.25. The van der Waals surface area contributed by atoms with E-state index in [0.717, 1.165) is 44.5 Å². The van der Waals surface area contributed by atoms with Gasteiger partial charge in [0, 0.05) is 60.3 Å². The lowest BCUT2D eigenvalue weighted by atomic mass is 9.82. The molecule has 16 rings (SSSR count). The van der Waals surface area contributed by atoms with Crippen molar-refractivity contribution in [1.29, 1.82) is 0 Å². The molecule has 0 spiro atoms. The minimum Gasteiger partial charge on any atom is -0.309 e. The number of aromatic nitrogens is 4. The Labute approximate surface area is 453 Å². The van der Waals surface area contributed by atoms with E-state index in [1.54, 1.807) is 0 Å². The quantitative estimate of drug-likeness (QED) is 0.166. The van der Waals surface area contributed by atoms with E-state index in [1.165, 1.54) is 105 Å². The first kappa shape index (κ1) is 44.6. The van der Waals surface area contributed by atoms with Crippen LogP contribution in [0.5, 0.6) is 0 Å². The second kappa shape index (κ2) is 16.4. The highest BCUT2D eigenvalue weighted by Crippen LogP contribution is 2.51. The number of benzene rings is 11. The van der Waals surface area contributed by atoms with Crippen molar-refractivity contribution in [3.63, 3.8) is 0 Å². The van der Waals surface area contributed by atoms with E-state index in [2.05, 4.69) is 273 Å². The zero-order valence-corrected chi connectivity index (χ0v) is 43.9. The summed E-state index contributed by atoms with van der Waals surface area (Å²) in [5.74, 6) is 0.709. The first-order chi connectivity index (χ1) is 38.2. The van der Waals surface area contributed by atoms with E-state index in [9.17, 15) is 0 Å². The number of hydrogen-bond donors (Lipinski definition) is 0. The van der Waals surface area contributed by atoms with E-state index in [0.29, 0.717) is 5.82 Å². The lowest BCUT2D eigenvalue weighted by Gasteiger charge is -2.22. The molecule has 0 unspecified atom stereocenters. The van der Waals surface area contributed by atoms with Crippen molar-refractivity contribution >= 4 is 54.5 Å². The molecule has 14 aromatic rings.